The molecule has 20 heavy (non-hydrogen) atoms. The fraction of sp³-hybridized carbons (Fsp3) is 0.867. The predicted octanol–water partition coefficient (Wildman–Crippen LogP) is 1.85. The Morgan fingerprint density at radius 2 is 2.15 bits per heavy atom. The first-order chi connectivity index (χ1) is 9.37. The molecular formula is C15H26O5. The number of hydrogen-bond donors (Lipinski definition) is 1. The molecule has 0 aromatic rings. The predicted molar refractivity (Wildman–Crippen MR) is 74.3 cm³/mol. The van der Waals surface area contributed by atoms with Gasteiger partial charge in [-0.1, -0.05) is 13.8 Å². The zero-order valence-corrected chi connectivity index (χ0v) is 12.7. The first-order valence-electron chi connectivity index (χ1n) is 7.30. The lowest BCUT2D eigenvalue weighted by Crippen LogP contribution is -2.38. The van der Waals surface area contributed by atoms with Gasteiger partial charge in [0, 0.05) is 13.0 Å². The van der Waals surface area contributed by atoms with Gasteiger partial charge in [-0.3, -0.25) is 9.59 Å². The number of hydrogen-bond acceptors (Lipinski definition) is 5. The summed E-state index contributed by atoms with van der Waals surface area (Å²) in [6, 6.07) is 0. The summed E-state index contributed by atoms with van der Waals surface area (Å²) in [5.41, 5.74) is -1.07. The Hall–Kier alpha value is -0.940. The number of Topliss-reactive ketones (excluding diaryl/α,β-unsaturated/α-hetero) is 1. The van der Waals surface area contributed by atoms with Crippen LogP contribution in [-0.4, -0.2) is 42.3 Å². The Labute approximate surface area is 120 Å². The van der Waals surface area contributed by atoms with Crippen molar-refractivity contribution in [3.8, 4) is 0 Å². The zero-order valence-electron chi connectivity index (χ0n) is 12.7. The van der Waals surface area contributed by atoms with Gasteiger partial charge >= 0.3 is 5.97 Å². The van der Waals surface area contributed by atoms with Gasteiger partial charge in [0.2, 0.25) is 0 Å². The summed E-state index contributed by atoms with van der Waals surface area (Å²) in [6.07, 6.45) is 3.26. The van der Waals surface area contributed by atoms with Crippen LogP contribution in [0.2, 0.25) is 0 Å². The van der Waals surface area contributed by atoms with E-state index < -0.39 is 11.6 Å². The third kappa shape index (κ3) is 5.21. The lowest BCUT2D eigenvalue weighted by atomic mass is 9.80. The fourth-order valence-electron chi connectivity index (χ4n) is 2.50. The summed E-state index contributed by atoms with van der Waals surface area (Å²) in [5.74, 6) is -0.883. The van der Waals surface area contributed by atoms with Crippen molar-refractivity contribution in [2.45, 2.75) is 64.1 Å². The number of esters is 1. The summed E-state index contributed by atoms with van der Waals surface area (Å²) < 4.78 is 10.0. The Morgan fingerprint density at radius 3 is 2.65 bits per heavy atom. The van der Waals surface area contributed by atoms with E-state index in [2.05, 4.69) is 4.74 Å². The molecule has 1 heterocycles. The molecule has 0 amide bonds. The summed E-state index contributed by atoms with van der Waals surface area (Å²) in [4.78, 5) is 22.9. The van der Waals surface area contributed by atoms with Crippen LogP contribution in [0.15, 0.2) is 0 Å². The standard InChI is InChI=1S/C15H26O5/c1-11(2)15(18,7-6-13-5-4-8-20-13)10-12(16)9-14(17)19-3/h11,13,18H,4-10H2,1-3H3. The van der Waals surface area contributed by atoms with Crippen LogP contribution in [0.5, 0.6) is 0 Å². The van der Waals surface area contributed by atoms with Crippen molar-refractivity contribution in [2.75, 3.05) is 13.7 Å². The highest BCUT2D eigenvalue weighted by atomic mass is 16.5. The van der Waals surface area contributed by atoms with Crippen LogP contribution >= 0.6 is 0 Å². The number of carbonyl (C=O) groups excluding carboxylic acids is 2. The highest BCUT2D eigenvalue weighted by Gasteiger charge is 2.35. The molecular weight excluding hydrogens is 260 g/mol. The summed E-state index contributed by atoms with van der Waals surface area (Å²) in [5, 5.41) is 10.7. The fourth-order valence-corrected chi connectivity index (χ4v) is 2.50. The average Bonchev–Trinajstić information content (AvgIpc) is 2.89. The lowest BCUT2D eigenvalue weighted by Gasteiger charge is -2.32. The summed E-state index contributed by atoms with van der Waals surface area (Å²) in [6.45, 7) is 4.56. The van der Waals surface area contributed by atoms with Crippen LogP contribution < -0.4 is 0 Å². The van der Waals surface area contributed by atoms with Gasteiger partial charge in [0.15, 0.2) is 0 Å². The first-order valence-corrected chi connectivity index (χ1v) is 7.30. The molecule has 0 bridgehead atoms. The van der Waals surface area contributed by atoms with E-state index in [0.717, 1.165) is 25.9 Å². The quantitative estimate of drug-likeness (QED) is 0.544. The number of rotatable bonds is 8. The van der Waals surface area contributed by atoms with Gasteiger partial charge in [-0.2, -0.15) is 0 Å². The average molecular weight is 286 g/mol. The second kappa shape index (κ2) is 7.74. The number of ketones is 1. The van der Waals surface area contributed by atoms with E-state index in [-0.39, 0.29) is 30.6 Å². The number of carbonyl (C=O) groups is 2. The molecule has 0 aromatic carbocycles. The molecule has 1 fully saturated rings. The molecule has 1 aliphatic rings. The van der Waals surface area contributed by atoms with E-state index in [1.54, 1.807) is 0 Å². The van der Waals surface area contributed by atoms with Gasteiger partial charge in [-0.15, -0.1) is 0 Å². The minimum absolute atomic E-state index is 0.00745. The third-order valence-electron chi connectivity index (χ3n) is 4.07. The maximum Gasteiger partial charge on any atom is 0.313 e. The maximum absolute atomic E-state index is 11.8. The van der Waals surface area contributed by atoms with E-state index in [4.69, 9.17) is 4.74 Å². The van der Waals surface area contributed by atoms with Crippen LogP contribution in [0.3, 0.4) is 0 Å². The Balaban J connectivity index is 2.51. The lowest BCUT2D eigenvalue weighted by molar-refractivity contribution is -0.144. The van der Waals surface area contributed by atoms with Gasteiger partial charge in [0.1, 0.15) is 12.2 Å². The highest BCUT2D eigenvalue weighted by molar-refractivity contribution is 5.95. The van der Waals surface area contributed by atoms with Crippen LogP contribution in [0.1, 0.15) is 52.4 Å². The SMILES string of the molecule is COC(=O)CC(=O)CC(O)(CCC1CCCO1)C(C)C. The number of ether oxygens (including phenoxy) is 2. The molecule has 5 nitrogen and oxygen atoms in total. The molecule has 2 atom stereocenters. The number of aliphatic hydroxyl groups is 1. The summed E-state index contributed by atoms with van der Waals surface area (Å²) in [7, 11) is 1.25. The minimum Gasteiger partial charge on any atom is -0.469 e. The maximum atomic E-state index is 11.8. The van der Waals surface area contributed by atoms with Crippen LogP contribution in [0, 0.1) is 5.92 Å². The van der Waals surface area contributed by atoms with Crippen molar-refractivity contribution >= 4 is 11.8 Å². The Morgan fingerprint density at radius 1 is 1.45 bits per heavy atom. The molecule has 1 aliphatic heterocycles. The molecule has 1 saturated heterocycles. The second-order valence-corrected chi connectivity index (χ2v) is 5.90. The molecule has 5 heteroatoms. The van der Waals surface area contributed by atoms with Crippen molar-refractivity contribution < 1.29 is 24.2 Å². The molecule has 0 saturated carbocycles. The van der Waals surface area contributed by atoms with Crippen molar-refractivity contribution in [3.05, 3.63) is 0 Å². The molecule has 2 unspecified atom stereocenters. The molecule has 0 spiro atoms. The van der Waals surface area contributed by atoms with E-state index in [9.17, 15) is 14.7 Å². The van der Waals surface area contributed by atoms with E-state index in [0.29, 0.717) is 6.42 Å². The van der Waals surface area contributed by atoms with Crippen molar-refractivity contribution in [3.63, 3.8) is 0 Å². The monoisotopic (exact) mass is 286 g/mol. The van der Waals surface area contributed by atoms with Crippen molar-refractivity contribution in [1.82, 2.24) is 0 Å². The van der Waals surface area contributed by atoms with Crippen LogP contribution in [0.4, 0.5) is 0 Å². The van der Waals surface area contributed by atoms with Crippen LogP contribution in [-0.2, 0) is 19.1 Å². The largest absolute Gasteiger partial charge is 0.469 e. The molecule has 1 N–H and O–H groups in total. The van der Waals surface area contributed by atoms with Gasteiger partial charge < -0.3 is 14.6 Å². The zero-order chi connectivity index (χ0) is 15.2. The normalized spacial score (nSPS) is 21.8. The van der Waals surface area contributed by atoms with Gasteiger partial charge in [0.05, 0.1) is 18.8 Å². The van der Waals surface area contributed by atoms with E-state index >= 15 is 0 Å². The molecule has 0 aliphatic carbocycles. The van der Waals surface area contributed by atoms with E-state index in [1.807, 2.05) is 13.8 Å². The Bertz CT molecular complexity index is 333. The van der Waals surface area contributed by atoms with Gasteiger partial charge in [-0.05, 0) is 31.6 Å². The third-order valence-corrected chi connectivity index (χ3v) is 4.07. The van der Waals surface area contributed by atoms with Gasteiger partial charge in [0.25, 0.3) is 0 Å². The minimum atomic E-state index is -1.07. The summed E-state index contributed by atoms with van der Waals surface area (Å²) >= 11 is 0. The second-order valence-electron chi connectivity index (χ2n) is 5.90. The van der Waals surface area contributed by atoms with Crippen molar-refractivity contribution in [1.29, 1.82) is 0 Å². The van der Waals surface area contributed by atoms with E-state index in [1.165, 1.54) is 7.11 Å². The molecule has 116 valence electrons. The first kappa shape index (κ1) is 17.1. The topological polar surface area (TPSA) is 72.8 Å². The number of methoxy groups -OCH3 is 1. The van der Waals surface area contributed by atoms with Crippen molar-refractivity contribution in [2.24, 2.45) is 5.92 Å². The molecule has 0 radical (unpaired) electrons. The highest BCUT2D eigenvalue weighted by Crippen LogP contribution is 2.30. The Kier molecular flexibility index (Phi) is 6.62. The van der Waals surface area contributed by atoms with Gasteiger partial charge in [-0.25, -0.2) is 0 Å². The molecule has 1 rings (SSSR count). The smallest absolute Gasteiger partial charge is 0.313 e. The molecule has 0 aromatic heterocycles. The van der Waals surface area contributed by atoms with Crippen LogP contribution in [0.25, 0.3) is 0 Å².